The summed E-state index contributed by atoms with van der Waals surface area (Å²) >= 11 is 5.84. The number of rotatable bonds is 5. The highest BCUT2D eigenvalue weighted by Gasteiger charge is 2.24. The predicted molar refractivity (Wildman–Crippen MR) is 79.1 cm³/mol. The van der Waals surface area contributed by atoms with Crippen molar-refractivity contribution in [1.29, 1.82) is 0 Å². The first-order valence-corrected chi connectivity index (χ1v) is 6.86. The number of H-pyrrole nitrogens is 1. The van der Waals surface area contributed by atoms with Gasteiger partial charge in [-0.2, -0.15) is 0 Å². The summed E-state index contributed by atoms with van der Waals surface area (Å²) in [7, 11) is 0. The molecule has 2 aromatic rings. The van der Waals surface area contributed by atoms with E-state index in [-0.39, 0.29) is 12.5 Å². The van der Waals surface area contributed by atoms with E-state index < -0.39 is 12.0 Å². The van der Waals surface area contributed by atoms with Crippen molar-refractivity contribution in [2.75, 3.05) is 6.61 Å². The molecular formula is C15H15ClN2O3. The van der Waals surface area contributed by atoms with E-state index in [1.807, 2.05) is 0 Å². The Morgan fingerprint density at radius 2 is 2.00 bits per heavy atom. The lowest BCUT2D eigenvalue weighted by molar-refractivity contribution is -0.145. The Hall–Kier alpha value is -2.27. The van der Waals surface area contributed by atoms with Gasteiger partial charge in [-0.1, -0.05) is 23.7 Å². The van der Waals surface area contributed by atoms with Crippen molar-refractivity contribution in [2.24, 2.45) is 0 Å². The third-order valence-electron chi connectivity index (χ3n) is 2.84. The quantitative estimate of drug-likeness (QED) is 0.834. The number of hydrogen-bond donors (Lipinski definition) is 2. The molecule has 1 amide bonds. The number of hydrogen-bond acceptors (Lipinski definition) is 3. The second kappa shape index (κ2) is 6.95. The lowest BCUT2D eigenvalue weighted by Gasteiger charge is -2.17. The van der Waals surface area contributed by atoms with Crippen LogP contribution in [0, 0.1) is 0 Å². The van der Waals surface area contributed by atoms with Gasteiger partial charge in [0.25, 0.3) is 5.91 Å². The molecule has 6 heteroatoms. The van der Waals surface area contributed by atoms with Crippen LogP contribution in [0.4, 0.5) is 0 Å². The molecule has 2 rings (SSSR count). The fourth-order valence-corrected chi connectivity index (χ4v) is 1.97. The van der Waals surface area contributed by atoms with Gasteiger partial charge in [0.05, 0.1) is 6.61 Å². The largest absolute Gasteiger partial charge is 0.464 e. The van der Waals surface area contributed by atoms with Crippen molar-refractivity contribution in [3.63, 3.8) is 0 Å². The summed E-state index contributed by atoms with van der Waals surface area (Å²) in [6.07, 6.45) is 1.64. The van der Waals surface area contributed by atoms with E-state index in [0.29, 0.717) is 16.3 Å². The molecule has 0 aliphatic rings. The molecule has 1 heterocycles. The standard InChI is InChI=1S/C15H15ClN2O3/c1-2-21-15(20)13(10-5-7-11(16)8-6-10)18-14(19)12-4-3-9-17-12/h3-9,13,17H,2H2,1H3,(H,18,19). The van der Waals surface area contributed by atoms with Gasteiger partial charge in [-0.15, -0.1) is 0 Å². The van der Waals surface area contributed by atoms with E-state index in [0.717, 1.165) is 0 Å². The molecule has 0 aliphatic carbocycles. The third-order valence-corrected chi connectivity index (χ3v) is 3.10. The van der Waals surface area contributed by atoms with Gasteiger partial charge in [0.15, 0.2) is 6.04 Å². The number of carbonyl (C=O) groups is 2. The Bertz CT molecular complexity index is 608. The summed E-state index contributed by atoms with van der Waals surface area (Å²) in [6, 6.07) is 9.12. The molecule has 0 spiro atoms. The van der Waals surface area contributed by atoms with Crippen LogP contribution < -0.4 is 5.32 Å². The molecule has 1 aromatic carbocycles. The minimum absolute atomic E-state index is 0.237. The van der Waals surface area contributed by atoms with E-state index in [9.17, 15) is 9.59 Å². The average Bonchev–Trinajstić information content (AvgIpc) is 3.00. The molecular weight excluding hydrogens is 292 g/mol. The molecule has 2 N–H and O–H groups in total. The predicted octanol–water partition coefficient (Wildman–Crippen LogP) is 2.70. The Morgan fingerprint density at radius 3 is 2.57 bits per heavy atom. The van der Waals surface area contributed by atoms with Gasteiger partial charge >= 0.3 is 5.97 Å². The SMILES string of the molecule is CCOC(=O)C(NC(=O)c1ccc[nH]1)c1ccc(Cl)cc1. The number of aromatic amines is 1. The summed E-state index contributed by atoms with van der Waals surface area (Å²) in [5.74, 6) is -0.896. The van der Waals surface area contributed by atoms with Crippen molar-refractivity contribution in [1.82, 2.24) is 10.3 Å². The number of nitrogens with one attached hydrogen (secondary N) is 2. The zero-order chi connectivity index (χ0) is 15.2. The number of halogens is 1. The lowest BCUT2D eigenvalue weighted by Crippen LogP contribution is -2.35. The van der Waals surface area contributed by atoms with Crippen LogP contribution >= 0.6 is 11.6 Å². The summed E-state index contributed by atoms with van der Waals surface area (Å²) < 4.78 is 5.01. The van der Waals surface area contributed by atoms with Crippen LogP contribution in [0.2, 0.25) is 5.02 Å². The Kier molecular flexibility index (Phi) is 5.00. The summed E-state index contributed by atoms with van der Waals surface area (Å²) in [6.45, 7) is 1.95. The molecule has 5 nitrogen and oxygen atoms in total. The van der Waals surface area contributed by atoms with E-state index in [2.05, 4.69) is 10.3 Å². The summed E-state index contributed by atoms with van der Waals surface area (Å²) in [4.78, 5) is 26.9. The molecule has 0 radical (unpaired) electrons. The van der Waals surface area contributed by atoms with Gasteiger partial charge in [-0.05, 0) is 36.8 Å². The number of esters is 1. The molecule has 110 valence electrons. The number of carbonyl (C=O) groups excluding carboxylic acids is 2. The van der Waals surface area contributed by atoms with Crippen molar-refractivity contribution < 1.29 is 14.3 Å². The topological polar surface area (TPSA) is 71.2 Å². The fourth-order valence-electron chi connectivity index (χ4n) is 1.84. The van der Waals surface area contributed by atoms with Crippen molar-refractivity contribution in [2.45, 2.75) is 13.0 Å². The van der Waals surface area contributed by atoms with Gasteiger partial charge in [0.2, 0.25) is 0 Å². The highest BCUT2D eigenvalue weighted by molar-refractivity contribution is 6.30. The monoisotopic (exact) mass is 306 g/mol. The molecule has 0 fully saturated rings. The second-order valence-corrected chi connectivity index (χ2v) is 4.73. The second-order valence-electron chi connectivity index (χ2n) is 4.29. The number of ether oxygens (including phenoxy) is 1. The molecule has 0 bridgehead atoms. The number of amides is 1. The molecule has 0 saturated heterocycles. The Balaban J connectivity index is 2.22. The molecule has 0 saturated carbocycles. The highest BCUT2D eigenvalue weighted by Crippen LogP contribution is 2.18. The Morgan fingerprint density at radius 1 is 1.29 bits per heavy atom. The number of aromatic nitrogens is 1. The van der Waals surface area contributed by atoms with Crippen LogP contribution in [0.25, 0.3) is 0 Å². The first kappa shape index (κ1) is 15.1. The first-order chi connectivity index (χ1) is 10.1. The maximum absolute atomic E-state index is 12.1. The van der Waals surface area contributed by atoms with Crippen molar-refractivity contribution in [3.8, 4) is 0 Å². The zero-order valence-corrected chi connectivity index (χ0v) is 12.2. The van der Waals surface area contributed by atoms with E-state index in [1.54, 1.807) is 49.5 Å². The van der Waals surface area contributed by atoms with Gasteiger partial charge in [-0.25, -0.2) is 4.79 Å². The van der Waals surface area contributed by atoms with Crippen molar-refractivity contribution in [3.05, 3.63) is 58.9 Å². The fraction of sp³-hybridized carbons (Fsp3) is 0.200. The molecule has 1 unspecified atom stereocenters. The van der Waals surface area contributed by atoms with Crippen LogP contribution in [-0.2, 0) is 9.53 Å². The highest BCUT2D eigenvalue weighted by atomic mass is 35.5. The first-order valence-electron chi connectivity index (χ1n) is 6.48. The average molecular weight is 307 g/mol. The third kappa shape index (κ3) is 3.86. The van der Waals surface area contributed by atoms with Crippen LogP contribution in [0.5, 0.6) is 0 Å². The molecule has 1 aromatic heterocycles. The van der Waals surface area contributed by atoms with Crippen molar-refractivity contribution >= 4 is 23.5 Å². The van der Waals surface area contributed by atoms with Crippen LogP contribution in [0.1, 0.15) is 29.0 Å². The van der Waals surface area contributed by atoms with Crippen LogP contribution in [0.3, 0.4) is 0 Å². The molecule has 0 aliphatic heterocycles. The Labute approximate surface area is 127 Å². The minimum atomic E-state index is -0.877. The number of benzene rings is 1. The van der Waals surface area contributed by atoms with E-state index >= 15 is 0 Å². The normalized spacial score (nSPS) is 11.7. The molecule has 21 heavy (non-hydrogen) atoms. The summed E-state index contributed by atoms with van der Waals surface area (Å²) in [5, 5.41) is 3.20. The maximum atomic E-state index is 12.1. The minimum Gasteiger partial charge on any atom is -0.464 e. The van der Waals surface area contributed by atoms with Crippen LogP contribution in [0.15, 0.2) is 42.6 Å². The zero-order valence-electron chi connectivity index (χ0n) is 11.4. The van der Waals surface area contributed by atoms with Gasteiger partial charge in [0.1, 0.15) is 5.69 Å². The van der Waals surface area contributed by atoms with Crippen LogP contribution in [-0.4, -0.2) is 23.5 Å². The maximum Gasteiger partial charge on any atom is 0.333 e. The van der Waals surface area contributed by atoms with E-state index in [1.165, 1.54) is 0 Å². The van der Waals surface area contributed by atoms with E-state index in [4.69, 9.17) is 16.3 Å². The smallest absolute Gasteiger partial charge is 0.333 e. The lowest BCUT2D eigenvalue weighted by atomic mass is 10.1. The van der Waals surface area contributed by atoms with Gasteiger partial charge < -0.3 is 15.0 Å². The van der Waals surface area contributed by atoms with Gasteiger partial charge in [-0.3, -0.25) is 4.79 Å². The van der Waals surface area contributed by atoms with Gasteiger partial charge in [0, 0.05) is 11.2 Å². The molecule has 1 atom stereocenters. The summed E-state index contributed by atoms with van der Waals surface area (Å²) in [5.41, 5.74) is 0.982.